The Morgan fingerprint density at radius 2 is 1.50 bits per heavy atom. The van der Waals surface area contributed by atoms with Crippen molar-refractivity contribution in [3.63, 3.8) is 0 Å². The highest BCUT2D eigenvalue weighted by atomic mass is 32.1. The van der Waals surface area contributed by atoms with Crippen molar-refractivity contribution < 1.29 is 19.0 Å². The van der Waals surface area contributed by atoms with Crippen molar-refractivity contribution in [1.29, 1.82) is 0 Å². The normalized spacial score (nSPS) is 10.3. The number of ether oxygens (including phenoxy) is 3. The van der Waals surface area contributed by atoms with E-state index in [1.807, 2.05) is 74.5 Å². The fraction of sp³-hybridized carbons (Fsp3) is 0.200. The summed E-state index contributed by atoms with van der Waals surface area (Å²) < 4.78 is 17.0. The Morgan fingerprint density at radius 1 is 0.844 bits per heavy atom. The van der Waals surface area contributed by atoms with Crippen LogP contribution in [0, 0.1) is 0 Å². The van der Waals surface area contributed by atoms with Gasteiger partial charge in [0.2, 0.25) is 0 Å². The third-order valence-electron chi connectivity index (χ3n) is 4.20. The summed E-state index contributed by atoms with van der Waals surface area (Å²) in [4.78, 5) is 12.7. The minimum atomic E-state index is -0.359. The van der Waals surface area contributed by atoms with E-state index in [2.05, 4.69) is 10.6 Å². The molecule has 0 fully saturated rings. The average Bonchev–Trinajstić information content (AvgIpc) is 2.78. The molecule has 3 aromatic carbocycles. The molecule has 0 bridgehead atoms. The maximum absolute atomic E-state index is 12.7. The number of carbonyl (C=O) groups is 1. The Morgan fingerprint density at radius 3 is 2.22 bits per heavy atom. The van der Waals surface area contributed by atoms with Crippen LogP contribution in [0.3, 0.4) is 0 Å². The summed E-state index contributed by atoms with van der Waals surface area (Å²) in [6.07, 6.45) is 0.0985. The molecule has 0 spiro atoms. The van der Waals surface area contributed by atoms with E-state index >= 15 is 0 Å². The molecule has 0 aliphatic rings. The standard InChI is InChI=1S/C25H26N2O4S/c1-18(2)31-21-14-12-19(13-15-21)26-25(32)27-24(28)22-10-6-7-11-23(22)30-17-16-29-20-8-4-3-5-9-20/h3-15,18H,16-17H2,1-2H3,(H2,26,27,28,32). The summed E-state index contributed by atoms with van der Waals surface area (Å²) in [5.74, 6) is 1.63. The van der Waals surface area contributed by atoms with Crippen LogP contribution in [0.5, 0.6) is 17.2 Å². The van der Waals surface area contributed by atoms with Crippen LogP contribution in [0.4, 0.5) is 5.69 Å². The van der Waals surface area contributed by atoms with Crippen molar-refractivity contribution in [2.45, 2.75) is 20.0 Å². The molecule has 32 heavy (non-hydrogen) atoms. The Bertz CT molecular complexity index is 1020. The third kappa shape index (κ3) is 7.28. The van der Waals surface area contributed by atoms with Gasteiger partial charge >= 0.3 is 0 Å². The van der Waals surface area contributed by atoms with Crippen LogP contribution in [-0.4, -0.2) is 30.3 Å². The second-order valence-corrected chi connectivity index (χ2v) is 7.51. The highest BCUT2D eigenvalue weighted by molar-refractivity contribution is 7.80. The summed E-state index contributed by atoms with van der Waals surface area (Å²) in [5.41, 5.74) is 1.13. The van der Waals surface area contributed by atoms with E-state index in [1.165, 1.54) is 0 Å². The lowest BCUT2D eigenvalue weighted by Gasteiger charge is -2.14. The fourth-order valence-corrected chi connectivity index (χ4v) is 3.04. The van der Waals surface area contributed by atoms with Crippen molar-refractivity contribution in [3.8, 4) is 17.2 Å². The predicted octanol–water partition coefficient (Wildman–Crippen LogP) is 5.06. The SMILES string of the molecule is CC(C)Oc1ccc(NC(=S)NC(=O)c2ccccc2OCCOc2ccccc2)cc1. The predicted molar refractivity (Wildman–Crippen MR) is 130 cm³/mol. The number of rotatable bonds is 9. The molecule has 0 saturated carbocycles. The molecule has 6 nitrogen and oxygen atoms in total. The van der Waals surface area contributed by atoms with E-state index in [4.69, 9.17) is 26.4 Å². The van der Waals surface area contributed by atoms with Gasteiger partial charge in [0, 0.05) is 5.69 Å². The maximum atomic E-state index is 12.7. The molecule has 0 saturated heterocycles. The van der Waals surface area contributed by atoms with Crippen molar-refractivity contribution in [3.05, 3.63) is 84.4 Å². The molecule has 3 rings (SSSR count). The van der Waals surface area contributed by atoms with Gasteiger partial charge in [-0.15, -0.1) is 0 Å². The highest BCUT2D eigenvalue weighted by Gasteiger charge is 2.14. The summed E-state index contributed by atoms with van der Waals surface area (Å²) in [7, 11) is 0. The van der Waals surface area contributed by atoms with E-state index in [-0.39, 0.29) is 17.1 Å². The molecule has 0 atom stereocenters. The Hall–Kier alpha value is -3.58. The first-order chi connectivity index (χ1) is 15.5. The zero-order valence-electron chi connectivity index (χ0n) is 18.0. The summed E-state index contributed by atoms with van der Waals surface area (Å²) in [5, 5.41) is 5.87. The molecule has 1 amide bonds. The largest absolute Gasteiger partial charge is 0.491 e. The number of amides is 1. The Kier molecular flexibility index (Phi) is 8.45. The first-order valence-electron chi connectivity index (χ1n) is 10.3. The van der Waals surface area contributed by atoms with Gasteiger partial charge in [0.1, 0.15) is 30.5 Å². The van der Waals surface area contributed by atoms with Crippen LogP contribution in [0.25, 0.3) is 0 Å². The van der Waals surface area contributed by atoms with Gasteiger partial charge in [-0.05, 0) is 74.6 Å². The van der Waals surface area contributed by atoms with Crippen LogP contribution in [0.2, 0.25) is 0 Å². The fourth-order valence-electron chi connectivity index (χ4n) is 2.83. The van der Waals surface area contributed by atoms with Crippen LogP contribution in [0.1, 0.15) is 24.2 Å². The minimum Gasteiger partial charge on any atom is -0.491 e. The van der Waals surface area contributed by atoms with Gasteiger partial charge in [-0.25, -0.2) is 0 Å². The van der Waals surface area contributed by atoms with E-state index in [1.54, 1.807) is 18.2 Å². The molecule has 166 valence electrons. The first kappa shape index (κ1) is 23.1. The topological polar surface area (TPSA) is 68.8 Å². The zero-order valence-corrected chi connectivity index (χ0v) is 18.9. The lowest BCUT2D eigenvalue weighted by Crippen LogP contribution is -2.34. The minimum absolute atomic E-state index is 0.0985. The molecule has 0 aliphatic heterocycles. The number of nitrogens with one attached hydrogen (secondary N) is 2. The van der Waals surface area contributed by atoms with E-state index in [9.17, 15) is 4.79 Å². The van der Waals surface area contributed by atoms with Crippen LogP contribution in [0.15, 0.2) is 78.9 Å². The van der Waals surface area contributed by atoms with Gasteiger partial charge in [0.05, 0.1) is 11.7 Å². The van der Waals surface area contributed by atoms with Gasteiger partial charge in [0.15, 0.2) is 5.11 Å². The van der Waals surface area contributed by atoms with Crippen molar-refractivity contribution in [2.75, 3.05) is 18.5 Å². The van der Waals surface area contributed by atoms with Crippen molar-refractivity contribution >= 4 is 28.9 Å². The number of benzene rings is 3. The summed E-state index contributed by atoms with van der Waals surface area (Å²) in [6.45, 7) is 4.59. The molecule has 0 aromatic heterocycles. The number of hydrogen-bond acceptors (Lipinski definition) is 5. The second kappa shape index (κ2) is 11.7. The summed E-state index contributed by atoms with van der Waals surface area (Å²) >= 11 is 5.28. The van der Waals surface area contributed by atoms with Gasteiger partial charge in [-0.1, -0.05) is 30.3 Å². The third-order valence-corrected chi connectivity index (χ3v) is 4.40. The number of thiocarbonyl (C=S) groups is 1. The molecule has 7 heteroatoms. The Labute approximate surface area is 193 Å². The van der Waals surface area contributed by atoms with Gasteiger partial charge < -0.3 is 19.5 Å². The molecule has 0 aliphatic carbocycles. The molecular formula is C25H26N2O4S. The van der Waals surface area contributed by atoms with Gasteiger partial charge in [-0.2, -0.15) is 0 Å². The molecule has 0 heterocycles. The van der Waals surface area contributed by atoms with Crippen LogP contribution < -0.4 is 24.8 Å². The van der Waals surface area contributed by atoms with E-state index < -0.39 is 0 Å². The lowest BCUT2D eigenvalue weighted by molar-refractivity contribution is 0.0972. The molecule has 0 radical (unpaired) electrons. The van der Waals surface area contributed by atoms with Gasteiger partial charge in [0.25, 0.3) is 5.91 Å². The number of carbonyl (C=O) groups excluding carboxylic acids is 1. The molecule has 3 aromatic rings. The van der Waals surface area contributed by atoms with Crippen LogP contribution in [-0.2, 0) is 0 Å². The quantitative estimate of drug-likeness (QED) is 0.351. The van der Waals surface area contributed by atoms with E-state index in [0.29, 0.717) is 24.5 Å². The average molecular weight is 451 g/mol. The van der Waals surface area contributed by atoms with Crippen molar-refractivity contribution in [2.24, 2.45) is 0 Å². The van der Waals surface area contributed by atoms with Crippen LogP contribution >= 0.6 is 12.2 Å². The zero-order chi connectivity index (χ0) is 22.8. The number of anilines is 1. The summed E-state index contributed by atoms with van der Waals surface area (Å²) in [6, 6.07) is 23.8. The molecular weight excluding hydrogens is 424 g/mol. The smallest absolute Gasteiger partial charge is 0.261 e. The Balaban J connectivity index is 1.51. The van der Waals surface area contributed by atoms with Crippen molar-refractivity contribution in [1.82, 2.24) is 5.32 Å². The maximum Gasteiger partial charge on any atom is 0.261 e. The van der Waals surface area contributed by atoms with Gasteiger partial charge in [-0.3, -0.25) is 10.1 Å². The molecule has 2 N–H and O–H groups in total. The number of para-hydroxylation sites is 2. The number of hydrogen-bond donors (Lipinski definition) is 2. The highest BCUT2D eigenvalue weighted by Crippen LogP contribution is 2.19. The second-order valence-electron chi connectivity index (χ2n) is 7.11. The lowest BCUT2D eigenvalue weighted by atomic mass is 10.2. The monoisotopic (exact) mass is 450 g/mol. The first-order valence-corrected chi connectivity index (χ1v) is 10.7. The molecule has 0 unspecified atom stereocenters. The van der Waals surface area contributed by atoms with E-state index in [0.717, 1.165) is 17.2 Å².